The van der Waals surface area contributed by atoms with Crippen LogP contribution in [-0.2, 0) is 13.6 Å². The van der Waals surface area contributed by atoms with Crippen LogP contribution >= 0.6 is 0 Å². The monoisotopic (exact) mass is 285 g/mol. The Hall–Kier alpha value is -2.90. The summed E-state index contributed by atoms with van der Waals surface area (Å²) < 4.78 is 3.44. The molecule has 3 aromatic heterocycles. The molecule has 0 spiro atoms. The second-order valence-electron chi connectivity index (χ2n) is 4.65. The molecule has 21 heavy (non-hydrogen) atoms. The van der Waals surface area contributed by atoms with E-state index < -0.39 is 0 Å². The molecular weight excluding hydrogens is 270 g/mol. The molecule has 2 N–H and O–H groups in total. The van der Waals surface area contributed by atoms with Gasteiger partial charge in [-0.05, 0) is 19.1 Å². The topological polar surface area (TPSA) is 89.1 Å². The zero-order valence-electron chi connectivity index (χ0n) is 11.7. The summed E-state index contributed by atoms with van der Waals surface area (Å²) in [4.78, 5) is 11.9. The SMILES string of the molecule is Cc1cc(NC(=O)NCc2nnc3ccccn23)n(C)n1. The first-order chi connectivity index (χ1) is 10.1. The van der Waals surface area contributed by atoms with E-state index in [4.69, 9.17) is 0 Å². The maximum absolute atomic E-state index is 11.9. The third kappa shape index (κ3) is 2.69. The predicted molar refractivity (Wildman–Crippen MR) is 76.8 cm³/mol. The van der Waals surface area contributed by atoms with Gasteiger partial charge in [-0.25, -0.2) is 4.79 Å². The number of anilines is 1. The minimum atomic E-state index is -0.314. The molecule has 108 valence electrons. The van der Waals surface area contributed by atoms with Gasteiger partial charge in [-0.2, -0.15) is 5.10 Å². The Morgan fingerprint density at radius 2 is 2.19 bits per heavy atom. The Kier molecular flexibility index (Phi) is 3.27. The van der Waals surface area contributed by atoms with Crippen molar-refractivity contribution in [2.24, 2.45) is 7.05 Å². The third-order valence-electron chi connectivity index (χ3n) is 3.03. The van der Waals surface area contributed by atoms with Crippen molar-refractivity contribution in [1.29, 1.82) is 0 Å². The summed E-state index contributed by atoms with van der Waals surface area (Å²) in [6.07, 6.45) is 1.86. The molecule has 8 heteroatoms. The number of urea groups is 1. The quantitative estimate of drug-likeness (QED) is 0.754. The van der Waals surface area contributed by atoms with Crippen LogP contribution in [0.4, 0.5) is 10.6 Å². The van der Waals surface area contributed by atoms with Crippen molar-refractivity contribution in [3.05, 3.63) is 42.0 Å². The molecule has 0 bridgehead atoms. The smallest absolute Gasteiger partial charge is 0.320 e. The summed E-state index contributed by atoms with van der Waals surface area (Å²) in [6.45, 7) is 2.15. The lowest BCUT2D eigenvalue weighted by atomic mass is 10.4. The molecule has 0 aliphatic rings. The van der Waals surface area contributed by atoms with Crippen molar-refractivity contribution in [2.75, 3.05) is 5.32 Å². The number of rotatable bonds is 3. The van der Waals surface area contributed by atoms with Gasteiger partial charge in [0.25, 0.3) is 0 Å². The van der Waals surface area contributed by atoms with Crippen LogP contribution in [0.5, 0.6) is 0 Å². The Morgan fingerprint density at radius 3 is 2.95 bits per heavy atom. The third-order valence-corrected chi connectivity index (χ3v) is 3.03. The van der Waals surface area contributed by atoms with Crippen LogP contribution in [0.25, 0.3) is 5.65 Å². The summed E-state index contributed by atoms with van der Waals surface area (Å²) in [5.74, 6) is 1.30. The van der Waals surface area contributed by atoms with Gasteiger partial charge >= 0.3 is 6.03 Å². The normalized spacial score (nSPS) is 10.8. The lowest BCUT2D eigenvalue weighted by molar-refractivity contribution is 0.251. The van der Waals surface area contributed by atoms with Gasteiger partial charge in [0.2, 0.25) is 0 Å². The number of amides is 2. The van der Waals surface area contributed by atoms with Gasteiger partial charge in [0.1, 0.15) is 5.82 Å². The molecule has 0 aliphatic heterocycles. The molecule has 0 fully saturated rings. The zero-order chi connectivity index (χ0) is 14.8. The van der Waals surface area contributed by atoms with E-state index in [-0.39, 0.29) is 12.6 Å². The minimum absolute atomic E-state index is 0.286. The maximum Gasteiger partial charge on any atom is 0.320 e. The number of carbonyl (C=O) groups excluding carboxylic acids is 1. The standard InChI is InChI=1S/C13H15N7O/c1-9-7-11(19(2)18-9)15-13(21)14-8-12-17-16-10-5-3-4-6-20(10)12/h3-7H,8H2,1-2H3,(H2,14,15,21). The van der Waals surface area contributed by atoms with Gasteiger partial charge < -0.3 is 5.32 Å². The van der Waals surface area contributed by atoms with E-state index in [0.29, 0.717) is 11.6 Å². The molecule has 0 atom stereocenters. The number of nitrogens with one attached hydrogen (secondary N) is 2. The van der Waals surface area contributed by atoms with Crippen LogP contribution in [0.15, 0.2) is 30.5 Å². The van der Waals surface area contributed by atoms with Gasteiger partial charge in [0.15, 0.2) is 11.5 Å². The highest BCUT2D eigenvalue weighted by Gasteiger charge is 2.09. The first-order valence-corrected chi connectivity index (χ1v) is 6.47. The fraction of sp³-hybridized carbons (Fsp3) is 0.231. The molecule has 0 aromatic carbocycles. The van der Waals surface area contributed by atoms with Crippen LogP contribution in [0.1, 0.15) is 11.5 Å². The first-order valence-electron chi connectivity index (χ1n) is 6.47. The van der Waals surface area contributed by atoms with Crippen molar-refractivity contribution in [3.8, 4) is 0 Å². The lowest BCUT2D eigenvalue weighted by Gasteiger charge is -2.06. The molecule has 0 radical (unpaired) electrons. The zero-order valence-corrected chi connectivity index (χ0v) is 11.7. The molecular formula is C13H15N7O. The van der Waals surface area contributed by atoms with Crippen molar-refractivity contribution in [3.63, 3.8) is 0 Å². The van der Waals surface area contributed by atoms with Gasteiger partial charge in [-0.3, -0.25) is 14.4 Å². The fourth-order valence-electron chi connectivity index (χ4n) is 2.06. The summed E-state index contributed by atoms with van der Waals surface area (Å²) >= 11 is 0. The minimum Gasteiger partial charge on any atom is -0.331 e. The average Bonchev–Trinajstić information content (AvgIpc) is 3.00. The highest BCUT2D eigenvalue weighted by molar-refractivity contribution is 5.88. The number of carbonyl (C=O) groups is 1. The highest BCUT2D eigenvalue weighted by atomic mass is 16.2. The highest BCUT2D eigenvalue weighted by Crippen LogP contribution is 2.07. The second-order valence-corrected chi connectivity index (χ2v) is 4.65. The van der Waals surface area contributed by atoms with Gasteiger partial charge in [0.05, 0.1) is 12.2 Å². The summed E-state index contributed by atoms with van der Waals surface area (Å²) in [6, 6.07) is 7.11. The molecule has 3 rings (SSSR count). The van der Waals surface area contributed by atoms with Gasteiger partial charge in [-0.15, -0.1) is 10.2 Å². The van der Waals surface area contributed by atoms with Crippen molar-refractivity contribution >= 4 is 17.5 Å². The number of fused-ring (bicyclic) bond motifs is 1. The van der Waals surface area contributed by atoms with E-state index >= 15 is 0 Å². The molecule has 3 heterocycles. The molecule has 0 aliphatic carbocycles. The Bertz CT molecular complexity index is 789. The van der Waals surface area contributed by atoms with E-state index in [1.54, 1.807) is 17.8 Å². The summed E-state index contributed by atoms with van der Waals surface area (Å²) in [7, 11) is 1.77. The largest absolute Gasteiger partial charge is 0.331 e. The average molecular weight is 285 g/mol. The molecule has 3 aromatic rings. The molecule has 8 nitrogen and oxygen atoms in total. The van der Waals surface area contributed by atoms with E-state index in [1.165, 1.54) is 0 Å². The number of hydrogen-bond donors (Lipinski definition) is 2. The molecule has 0 unspecified atom stereocenters. The number of hydrogen-bond acceptors (Lipinski definition) is 4. The maximum atomic E-state index is 11.9. The second kappa shape index (κ2) is 5.23. The Labute approximate surface area is 120 Å². The van der Waals surface area contributed by atoms with Crippen LogP contribution in [-0.4, -0.2) is 30.4 Å². The van der Waals surface area contributed by atoms with E-state index in [2.05, 4.69) is 25.9 Å². The van der Waals surface area contributed by atoms with Crippen molar-refractivity contribution in [1.82, 2.24) is 29.7 Å². The van der Waals surface area contributed by atoms with Crippen molar-refractivity contribution in [2.45, 2.75) is 13.5 Å². The van der Waals surface area contributed by atoms with Gasteiger partial charge in [-0.1, -0.05) is 6.07 Å². The Balaban J connectivity index is 1.65. The van der Waals surface area contributed by atoms with Crippen LogP contribution in [0.3, 0.4) is 0 Å². The van der Waals surface area contributed by atoms with E-state index in [9.17, 15) is 4.79 Å². The molecule has 0 saturated carbocycles. The van der Waals surface area contributed by atoms with Gasteiger partial charge in [0, 0.05) is 19.3 Å². The summed E-state index contributed by atoms with van der Waals surface area (Å²) in [5.41, 5.74) is 1.59. The molecule has 0 saturated heterocycles. The first kappa shape index (κ1) is 13.1. The van der Waals surface area contributed by atoms with Crippen molar-refractivity contribution < 1.29 is 4.79 Å². The molecule has 2 amide bonds. The number of nitrogens with zero attached hydrogens (tertiary/aromatic N) is 5. The lowest BCUT2D eigenvalue weighted by Crippen LogP contribution is -2.29. The van der Waals surface area contributed by atoms with Crippen LogP contribution in [0, 0.1) is 6.92 Å². The summed E-state index contributed by atoms with van der Waals surface area (Å²) in [5, 5.41) is 17.7. The van der Waals surface area contributed by atoms with Crippen LogP contribution < -0.4 is 10.6 Å². The number of aryl methyl sites for hydroxylation is 2. The number of pyridine rings is 1. The fourth-order valence-corrected chi connectivity index (χ4v) is 2.06. The Morgan fingerprint density at radius 1 is 1.33 bits per heavy atom. The van der Waals surface area contributed by atoms with Crippen LogP contribution in [0.2, 0.25) is 0 Å². The number of aromatic nitrogens is 5. The predicted octanol–water partition coefficient (Wildman–Crippen LogP) is 1.09. The van der Waals surface area contributed by atoms with E-state index in [0.717, 1.165) is 11.3 Å². The van der Waals surface area contributed by atoms with E-state index in [1.807, 2.05) is 35.7 Å².